The fourth-order valence-electron chi connectivity index (χ4n) is 4.55. The molecule has 1 aliphatic heterocycles. The molecule has 2 aliphatic rings. The maximum absolute atomic E-state index is 13.6. The molecule has 0 spiro atoms. The number of carbonyl (C=O) groups is 2. The maximum Gasteiger partial charge on any atom is 0.248 e. The number of thiazole rings is 1. The van der Waals surface area contributed by atoms with Crippen molar-refractivity contribution in [3.05, 3.63) is 41.4 Å². The van der Waals surface area contributed by atoms with E-state index in [1.54, 1.807) is 21.4 Å². The van der Waals surface area contributed by atoms with Gasteiger partial charge in [0.25, 0.3) is 0 Å². The van der Waals surface area contributed by atoms with E-state index in [1.165, 1.54) is 29.9 Å². The second-order valence-electron chi connectivity index (χ2n) is 8.22. The molecule has 1 saturated heterocycles. The van der Waals surface area contributed by atoms with Gasteiger partial charge >= 0.3 is 0 Å². The number of hydrogen-bond donors (Lipinski definition) is 1. The Balaban J connectivity index is 1.49. The van der Waals surface area contributed by atoms with Crippen LogP contribution < -0.4 is 10.2 Å². The topological polar surface area (TPSA) is 65.5 Å². The third-order valence-corrected chi connectivity index (χ3v) is 6.78. The first-order valence-corrected chi connectivity index (χ1v) is 11.6. The van der Waals surface area contributed by atoms with Crippen molar-refractivity contribution >= 4 is 34.0 Å². The molecule has 1 aromatic heterocycles. The lowest BCUT2D eigenvalue weighted by Gasteiger charge is -2.40. The fourth-order valence-corrected chi connectivity index (χ4v) is 5.08. The molecule has 1 saturated carbocycles. The number of nitrogens with zero attached hydrogens (tertiary/aromatic N) is 3. The Kier molecular flexibility index (Phi) is 6.80. The lowest BCUT2D eigenvalue weighted by atomic mass is 9.84. The lowest BCUT2D eigenvalue weighted by Crippen LogP contribution is -2.57. The van der Waals surface area contributed by atoms with E-state index in [0.717, 1.165) is 31.7 Å². The minimum atomic E-state index is -0.678. The SMILES string of the molecule is O=C(Nc1nccs1)[C@H](CC1CCCCC1)N1CCN(c2cc(F)cc(F)c2)CC1=O. The van der Waals surface area contributed by atoms with Crippen molar-refractivity contribution in [3.8, 4) is 0 Å². The van der Waals surface area contributed by atoms with Crippen LogP contribution in [0.2, 0.25) is 0 Å². The van der Waals surface area contributed by atoms with Crippen LogP contribution in [-0.2, 0) is 9.59 Å². The van der Waals surface area contributed by atoms with Gasteiger partial charge in [-0.25, -0.2) is 13.8 Å². The Morgan fingerprint density at radius 3 is 2.55 bits per heavy atom. The summed E-state index contributed by atoms with van der Waals surface area (Å²) in [5.41, 5.74) is 0.335. The number of anilines is 2. The molecule has 2 amide bonds. The van der Waals surface area contributed by atoms with Crippen molar-refractivity contribution in [3.63, 3.8) is 0 Å². The first-order chi connectivity index (χ1) is 15.0. The van der Waals surface area contributed by atoms with E-state index in [2.05, 4.69) is 10.3 Å². The molecule has 166 valence electrons. The normalized spacial score (nSPS) is 18.8. The quantitative estimate of drug-likeness (QED) is 0.724. The highest BCUT2D eigenvalue weighted by Gasteiger charge is 2.36. The van der Waals surface area contributed by atoms with Crippen LogP contribution in [0.3, 0.4) is 0 Å². The molecule has 1 N–H and O–H groups in total. The van der Waals surface area contributed by atoms with Gasteiger partial charge in [-0.3, -0.25) is 9.59 Å². The molecular formula is C22H26F2N4O2S. The Labute approximate surface area is 184 Å². The molecule has 1 atom stereocenters. The highest BCUT2D eigenvalue weighted by molar-refractivity contribution is 7.13. The van der Waals surface area contributed by atoms with Crippen molar-refractivity contribution < 1.29 is 18.4 Å². The average molecular weight is 449 g/mol. The molecule has 2 fully saturated rings. The van der Waals surface area contributed by atoms with E-state index in [4.69, 9.17) is 0 Å². The van der Waals surface area contributed by atoms with E-state index in [0.29, 0.717) is 36.2 Å². The predicted octanol–water partition coefficient (Wildman–Crippen LogP) is 4.05. The average Bonchev–Trinajstić information content (AvgIpc) is 3.25. The largest absolute Gasteiger partial charge is 0.360 e. The molecule has 2 heterocycles. The van der Waals surface area contributed by atoms with Gasteiger partial charge in [0, 0.05) is 36.4 Å². The number of amides is 2. The number of nitrogens with one attached hydrogen (secondary N) is 1. The van der Waals surface area contributed by atoms with Crippen molar-refractivity contribution in [1.82, 2.24) is 9.88 Å². The molecule has 9 heteroatoms. The maximum atomic E-state index is 13.6. The third kappa shape index (κ3) is 5.39. The molecule has 1 aromatic carbocycles. The summed E-state index contributed by atoms with van der Waals surface area (Å²) in [6.07, 6.45) is 7.90. The summed E-state index contributed by atoms with van der Waals surface area (Å²) >= 11 is 1.34. The zero-order chi connectivity index (χ0) is 21.8. The standard InChI is InChI=1S/C22H26F2N4O2S/c23-16-11-17(24)13-18(12-16)27-7-8-28(20(29)14-27)19(10-15-4-2-1-3-5-15)21(30)26-22-25-6-9-31-22/h6,9,11-13,15,19H,1-5,7-8,10,14H2,(H,25,26,30)/t19-/m0/s1. The summed E-state index contributed by atoms with van der Waals surface area (Å²) in [6, 6.07) is 2.68. The summed E-state index contributed by atoms with van der Waals surface area (Å²) in [6.45, 7) is 0.703. The zero-order valence-electron chi connectivity index (χ0n) is 17.2. The van der Waals surface area contributed by atoms with E-state index in [1.807, 2.05) is 0 Å². The molecular weight excluding hydrogens is 422 g/mol. The molecule has 0 unspecified atom stereocenters. The van der Waals surface area contributed by atoms with Crippen molar-refractivity contribution in [2.75, 3.05) is 29.9 Å². The number of benzene rings is 1. The Bertz CT molecular complexity index is 898. The lowest BCUT2D eigenvalue weighted by molar-refractivity contribution is -0.139. The predicted molar refractivity (Wildman–Crippen MR) is 116 cm³/mol. The Morgan fingerprint density at radius 1 is 1.16 bits per heavy atom. The van der Waals surface area contributed by atoms with Crippen LogP contribution in [0, 0.1) is 17.6 Å². The van der Waals surface area contributed by atoms with Crippen LogP contribution in [0.5, 0.6) is 0 Å². The summed E-state index contributed by atoms with van der Waals surface area (Å²) < 4.78 is 27.2. The van der Waals surface area contributed by atoms with E-state index in [9.17, 15) is 18.4 Å². The van der Waals surface area contributed by atoms with Gasteiger partial charge in [-0.1, -0.05) is 32.1 Å². The van der Waals surface area contributed by atoms with Crippen LogP contribution in [-0.4, -0.2) is 47.4 Å². The van der Waals surface area contributed by atoms with Crippen molar-refractivity contribution in [2.24, 2.45) is 5.92 Å². The molecule has 31 heavy (non-hydrogen) atoms. The van der Waals surface area contributed by atoms with Crippen LogP contribution >= 0.6 is 11.3 Å². The summed E-state index contributed by atoms with van der Waals surface area (Å²) in [5, 5.41) is 5.15. The highest BCUT2D eigenvalue weighted by atomic mass is 32.1. The van der Waals surface area contributed by atoms with Crippen LogP contribution in [0.15, 0.2) is 29.8 Å². The molecule has 0 radical (unpaired) electrons. The van der Waals surface area contributed by atoms with E-state index < -0.39 is 17.7 Å². The van der Waals surface area contributed by atoms with Gasteiger partial charge in [-0.05, 0) is 24.5 Å². The minimum Gasteiger partial charge on any atom is -0.360 e. The number of piperazine rings is 1. The highest BCUT2D eigenvalue weighted by Crippen LogP contribution is 2.30. The molecule has 2 aromatic rings. The van der Waals surface area contributed by atoms with Gasteiger partial charge in [0.05, 0.1) is 6.54 Å². The summed E-state index contributed by atoms with van der Waals surface area (Å²) in [7, 11) is 0. The monoisotopic (exact) mass is 448 g/mol. The van der Waals surface area contributed by atoms with Crippen LogP contribution in [0.4, 0.5) is 19.6 Å². The number of halogens is 2. The molecule has 4 rings (SSSR count). The molecule has 6 nitrogen and oxygen atoms in total. The van der Waals surface area contributed by atoms with Gasteiger partial charge in [0.1, 0.15) is 17.7 Å². The number of hydrogen-bond acceptors (Lipinski definition) is 5. The summed E-state index contributed by atoms with van der Waals surface area (Å²) in [4.78, 5) is 33.6. The number of carbonyl (C=O) groups excluding carboxylic acids is 2. The van der Waals surface area contributed by atoms with Gasteiger partial charge in [0.15, 0.2) is 5.13 Å². The third-order valence-electron chi connectivity index (χ3n) is 6.09. The first-order valence-electron chi connectivity index (χ1n) is 10.7. The van der Waals surface area contributed by atoms with Gasteiger partial charge in [-0.15, -0.1) is 11.3 Å². The summed E-state index contributed by atoms with van der Waals surface area (Å²) in [5.74, 6) is -1.39. The van der Waals surface area contributed by atoms with E-state index in [-0.39, 0.29) is 18.4 Å². The van der Waals surface area contributed by atoms with Gasteiger partial charge < -0.3 is 15.1 Å². The van der Waals surface area contributed by atoms with Crippen molar-refractivity contribution in [1.29, 1.82) is 0 Å². The second-order valence-corrected chi connectivity index (χ2v) is 9.11. The Morgan fingerprint density at radius 2 is 1.90 bits per heavy atom. The number of rotatable bonds is 6. The van der Waals surface area contributed by atoms with Gasteiger partial charge in [-0.2, -0.15) is 0 Å². The first kappa shape index (κ1) is 21.7. The fraction of sp³-hybridized carbons (Fsp3) is 0.500. The molecule has 0 bridgehead atoms. The molecule has 1 aliphatic carbocycles. The Hall–Kier alpha value is -2.55. The van der Waals surface area contributed by atoms with Crippen LogP contribution in [0.1, 0.15) is 38.5 Å². The van der Waals surface area contributed by atoms with Crippen molar-refractivity contribution in [2.45, 2.75) is 44.6 Å². The van der Waals surface area contributed by atoms with Crippen LogP contribution in [0.25, 0.3) is 0 Å². The minimum absolute atomic E-state index is 0.0193. The van der Waals surface area contributed by atoms with E-state index >= 15 is 0 Å². The smallest absolute Gasteiger partial charge is 0.248 e. The zero-order valence-corrected chi connectivity index (χ0v) is 18.0. The van der Waals surface area contributed by atoms with Gasteiger partial charge in [0.2, 0.25) is 11.8 Å². The number of aromatic nitrogens is 1. The second kappa shape index (κ2) is 9.72.